The molecule has 3 rings (SSSR count). The summed E-state index contributed by atoms with van der Waals surface area (Å²) in [5, 5.41) is 3.52. The molecule has 1 atom stereocenters. The van der Waals surface area contributed by atoms with Crippen LogP contribution in [-0.2, 0) is 11.3 Å². The van der Waals surface area contributed by atoms with Gasteiger partial charge in [-0.15, -0.1) is 24.0 Å². The third kappa shape index (κ3) is 6.77. The molecule has 1 aromatic carbocycles. The largest absolute Gasteiger partial charge is 0.493 e. The monoisotopic (exact) mass is 502 g/mol. The molecule has 0 amide bonds. The maximum Gasteiger partial charge on any atom is 0.193 e. The molecule has 0 saturated carbocycles. The molecular formula is C21H35IN4O2. The Morgan fingerprint density at radius 1 is 1.29 bits per heavy atom. The number of aliphatic imine (C=N–C) groups is 1. The van der Waals surface area contributed by atoms with Crippen LogP contribution in [0.5, 0.6) is 5.75 Å². The summed E-state index contributed by atoms with van der Waals surface area (Å²) in [6, 6.07) is 8.93. The Bertz CT molecular complexity index is 620. The van der Waals surface area contributed by atoms with Crippen LogP contribution in [0.4, 0.5) is 0 Å². The van der Waals surface area contributed by atoms with E-state index in [1.165, 1.54) is 12.0 Å². The number of halogens is 1. The van der Waals surface area contributed by atoms with Crippen LogP contribution in [-0.4, -0.2) is 74.8 Å². The lowest BCUT2D eigenvalue weighted by molar-refractivity contribution is 0.0195. The minimum Gasteiger partial charge on any atom is -0.493 e. The Morgan fingerprint density at radius 3 is 2.79 bits per heavy atom. The molecule has 2 aliphatic rings. The first-order chi connectivity index (χ1) is 13.2. The third-order valence-corrected chi connectivity index (χ3v) is 5.17. The number of guanidine groups is 1. The lowest BCUT2D eigenvalue weighted by Gasteiger charge is -2.32. The highest BCUT2D eigenvalue weighted by Crippen LogP contribution is 2.18. The number of ether oxygens (including phenoxy) is 2. The van der Waals surface area contributed by atoms with Gasteiger partial charge in [0.25, 0.3) is 0 Å². The van der Waals surface area contributed by atoms with Crippen LogP contribution in [0, 0.1) is 5.92 Å². The topological polar surface area (TPSA) is 49.3 Å². The first-order valence-electron chi connectivity index (χ1n) is 10.1. The zero-order valence-corrected chi connectivity index (χ0v) is 19.7. The fraction of sp³-hybridized carbons (Fsp3) is 0.667. The van der Waals surface area contributed by atoms with E-state index in [1.807, 2.05) is 13.1 Å². The van der Waals surface area contributed by atoms with Crippen molar-refractivity contribution < 1.29 is 9.47 Å². The molecule has 2 fully saturated rings. The zero-order valence-electron chi connectivity index (χ0n) is 17.4. The first kappa shape index (κ1) is 23.2. The molecule has 0 aromatic heterocycles. The van der Waals surface area contributed by atoms with Gasteiger partial charge in [0.15, 0.2) is 5.96 Å². The van der Waals surface area contributed by atoms with E-state index in [-0.39, 0.29) is 24.0 Å². The maximum absolute atomic E-state index is 5.84. The molecule has 1 unspecified atom stereocenters. The van der Waals surface area contributed by atoms with Gasteiger partial charge >= 0.3 is 0 Å². The van der Waals surface area contributed by atoms with Gasteiger partial charge in [-0.1, -0.05) is 26.0 Å². The Morgan fingerprint density at radius 2 is 2.07 bits per heavy atom. The van der Waals surface area contributed by atoms with Crippen molar-refractivity contribution in [2.45, 2.75) is 32.9 Å². The van der Waals surface area contributed by atoms with Gasteiger partial charge in [-0.05, 0) is 30.0 Å². The van der Waals surface area contributed by atoms with Gasteiger partial charge in [-0.2, -0.15) is 0 Å². The quantitative estimate of drug-likeness (QED) is 0.369. The fourth-order valence-electron chi connectivity index (χ4n) is 3.70. The average Bonchev–Trinajstić information content (AvgIpc) is 3.18. The van der Waals surface area contributed by atoms with E-state index in [1.54, 1.807) is 0 Å². The second kappa shape index (κ2) is 11.8. The highest BCUT2D eigenvalue weighted by molar-refractivity contribution is 14.0. The molecule has 0 bridgehead atoms. The van der Waals surface area contributed by atoms with Gasteiger partial charge in [0.2, 0.25) is 0 Å². The number of nitrogens with zero attached hydrogens (tertiary/aromatic N) is 3. The van der Waals surface area contributed by atoms with Gasteiger partial charge in [0.1, 0.15) is 5.75 Å². The molecule has 2 heterocycles. The number of hydrogen-bond donors (Lipinski definition) is 1. The van der Waals surface area contributed by atoms with Crippen LogP contribution in [0.2, 0.25) is 0 Å². The van der Waals surface area contributed by atoms with Crippen LogP contribution in [0.3, 0.4) is 0 Å². The van der Waals surface area contributed by atoms with Crippen molar-refractivity contribution in [3.63, 3.8) is 0 Å². The van der Waals surface area contributed by atoms with E-state index < -0.39 is 0 Å². The highest BCUT2D eigenvalue weighted by atomic mass is 127. The average molecular weight is 502 g/mol. The molecule has 0 radical (unpaired) electrons. The van der Waals surface area contributed by atoms with E-state index in [0.717, 1.165) is 64.3 Å². The maximum atomic E-state index is 5.84. The molecular weight excluding hydrogens is 467 g/mol. The lowest BCUT2D eigenvalue weighted by Crippen LogP contribution is -2.46. The Hall–Kier alpha value is -1.06. The second-order valence-corrected chi connectivity index (χ2v) is 7.79. The van der Waals surface area contributed by atoms with E-state index >= 15 is 0 Å². The van der Waals surface area contributed by atoms with Crippen LogP contribution >= 0.6 is 24.0 Å². The third-order valence-electron chi connectivity index (χ3n) is 5.17. The van der Waals surface area contributed by atoms with E-state index in [9.17, 15) is 0 Å². The normalized spacial score (nSPS) is 20.9. The number of morpholine rings is 1. The van der Waals surface area contributed by atoms with Crippen molar-refractivity contribution in [3.05, 3.63) is 29.8 Å². The van der Waals surface area contributed by atoms with E-state index in [2.05, 4.69) is 52.2 Å². The number of likely N-dealkylation sites (tertiary alicyclic amines) is 1. The standard InChI is InChI=1S/C21H34N4O2.HI/c1-17(2)16-27-20-6-4-5-18(13-20)14-23-21(22-3)25-8-7-19(15-25)24-9-11-26-12-10-24;/h4-6,13,17,19H,7-12,14-16H2,1-3H3,(H,22,23);1H. The van der Waals surface area contributed by atoms with Crippen LogP contribution in [0.15, 0.2) is 29.3 Å². The number of rotatable bonds is 6. The molecule has 6 nitrogen and oxygen atoms in total. The SMILES string of the molecule is CN=C(NCc1cccc(OCC(C)C)c1)N1CCC(N2CCOCC2)C1.I. The number of nitrogens with one attached hydrogen (secondary N) is 1. The Balaban J connectivity index is 0.00000280. The van der Waals surface area contributed by atoms with E-state index in [4.69, 9.17) is 9.47 Å². The smallest absolute Gasteiger partial charge is 0.193 e. The molecule has 2 saturated heterocycles. The summed E-state index contributed by atoms with van der Waals surface area (Å²) in [7, 11) is 1.87. The van der Waals surface area contributed by atoms with Gasteiger partial charge in [0.05, 0.1) is 19.8 Å². The highest BCUT2D eigenvalue weighted by Gasteiger charge is 2.30. The number of hydrogen-bond acceptors (Lipinski definition) is 4. The lowest BCUT2D eigenvalue weighted by atomic mass is 10.2. The summed E-state index contributed by atoms with van der Waals surface area (Å²) in [5.74, 6) is 2.45. The van der Waals surface area contributed by atoms with Gasteiger partial charge in [-0.25, -0.2) is 0 Å². The van der Waals surface area contributed by atoms with Crippen LogP contribution in [0.25, 0.3) is 0 Å². The van der Waals surface area contributed by atoms with Crippen molar-refractivity contribution >= 4 is 29.9 Å². The minimum atomic E-state index is 0. The molecule has 1 aromatic rings. The zero-order chi connectivity index (χ0) is 19.1. The molecule has 0 aliphatic carbocycles. The van der Waals surface area contributed by atoms with Crippen molar-refractivity contribution in [3.8, 4) is 5.75 Å². The Labute approximate surface area is 186 Å². The first-order valence-corrected chi connectivity index (χ1v) is 10.1. The molecule has 2 aliphatic heterocycles. The summed E-state index contributed by atoms with van der Waals surface area (Å²) in [6.07, 6.45) is 1.19. The van der Waals surface area contributed by atoms with Gasteiger partial charge < -0.3 is 19.7 Å². The van der Waals surface area contributed by atoms with Crippen molar-refractivity contribution in [1.82, 2.24) is 15.1 Å². The Kier molecular flexibility index (Phi) is 9.81. The van der Waals surface area contributed by atoms with E-state index in [0.29, 0.717) is 12.0 Å². The fourth-order valence-corrected chi connectivity index (χ4v) is 3.70. The van der Waals surface area contributed by atoms with Crippen LogP contribution < -0.4 is 10.1 Å². The van der Waals surface area contributed by atoms with Crippen LogP contribution in [0.1, 0.15) is 25.8 Å². The summed E-state index contributed by atoms with van der Waals surface area (Å²) in [6.45, 7) is 11.7. The summed E-state index contributed by atoms with van der Waals surface area (Å²) in [4.78, 5) is 9.44. The van der Waals surface area contributed by atoms with Gasteiger partial charge in [0, 0.05) is 45.8 Å². The predicted octanol–water partition coefficient (Wildman–Crippen LogP) is 2.82. The molecule has 7 heteroatoms. The minimum absolute atomic E-state index is 0. The second-order valence-electron chi connectivity index (χ2n) is 7.79. The molecule has 158 valence electrons. The summed E-state index contributed by atoms with van der Waals surface area (Å²) >= 11 is 0. The van der Waals surface area contributed by atoms with Crippen molar-refractivity contribution in [2.75, 3.05) is 53.0 Å². The van der Waals surface area contributed by atoms with Crippen molar-refractivity contribution in [2.24, 2.45) is 10.9 Å². The predicted molar refractivity (Wildman–Crippen MR) is 125 cm³/mol. The summed E-state index contributed by atoms with van der Waals surface area (Å²) < 4.78 is 11.3. The molecule has 1 N–H and O–H groups in total. The number of benzene rings is 1. The molecule has 28 heavy (non-hydrogen) atoms. The van der Waals surface area contributed by atoms with Crippen molar-refractivity contribution in [1.29, 1.82) is 0 Å². The van der Waals surface area contributed by atoms with Gasteiger partial charge in [-0.3, -0.25) is 9.89 Å². The summed E-state index contributed by atoms with van der Waals surface area (Å²) in [5.41, 5.74) is 1.21. The molecule has 0 spiro atoms.